The van der Waals surface area contributed by atoms with E-state index in [0.29, 0.717) is 5.56 Å². The molecule has 0 heterocycles. The van der Waals surface area contributed by atoms with Crippen LogP contribution in [0.5, 0.6) is 0 Å². The van der Waals surface area contributed by atoms with Gasteiger partial charge in [-0.15, -0.1) is 11.6 Å². The molecule has 0 saturated carbocycles. The number of hydrogen-bond donors (Lipinski definition) is 0. The van der Waals surface area contributed by atoms with Crippen molar-refractivity contribution in [1.29, 1.82) is 0 Å². The monoisotopic (exact) mass is 294 g/mol. The van der Waals surface area contributed by atoms with E-state index in [4.69, 9.17) is 11.6 Å². The summed E-state index contributed by atoms with van der Waals surface area (Å²) in [5.41, 5.74) is 0.679. The lowest BCUT2D eigenvalue weighted by Crippen LogP contribution is -2.09. The van der Waals surface area contributed by atoms with Crippen molar-refractivity contribution in [2.75, 3.05) is 0 Å². The minimum atomic E-state index is -0.440. The summed E-state index contributed by atoms with van der Waals surface area (Å²) in [6.07, 6.45) is 0. The van der Waals surface area contributed by atoms with E-state index in [1.54, 1.807) is 19.1 Å². The van der Waals surface area contributed by atoms with E-state index in [9.17, 15) is 4.79 Å². The van der Waals surface area contributed by atoms with E-state index in [1.165, 1.54) is 0 Å². The molecule has 64 valence electrons. The van der Waals surface area contributed by atoms with Crippen molar-refractivity contribution >= 4 is 40.0 Å². The molecule has 3 heteroatoms. The molecule has 1 unspecified atom stereocenters. The summed E-state index contributed by atoms with van der Waals surface area (Å²) in [4.78, 5) is 11.3. The fraction of sp³-hybridized carbons (Fsp3) is 0.222. The predicted molar refractivity (Wildman–Crippen MR) is 58.8 cm³/mol. The second kappa shape index (κ2) is 4.23. The van der Waals surface area contributed by atoms with Gasteiger partial charge in [-0.05, 0) is 41.6 Å². The summed E-state index contributed by atoms with van der Waals surface area (Å²) < 4.78 is 1.12. The molecule has 1 aromatic carbocycles. The molecule has 1 nitrogen and oxygen atoms in total. The fourth-order valence-corrected chi connectivity index (χ4v) is 1.33. The molecule has 0 aliphatic heterocycles. The number of halogens is 2. The molecule has 12 heavy (non-hydrogen) atoms. The molecule has 1 rings (SSSR count). The molecule has 0 amide bonds. The SMILES string of the molecule is CC(Cl)C(=O)c1ccc(I)cc1. The summed E-state index contributed by atoms with van der Waals surface area (Å²) in [6, 6.07) is 7.38. The van der Waals surface area contributed by atoms with Crippen molar-refractivity contribution < 1.29 is 4.79 Å². The lowest BCUT2D eigenvalue weighted by atomic mass is 10.1. The van der Waals surface area contributed by atoms with E-state index in [-0.39, 0.29) is 5.78 Å². The number of Topliss-reactive ketones (excluding diaryl/α,β-unsaturated/α-hetero) is 1. The van der Waals surface area contributed by atoms with E-state index >= 15 is 0 Å². The molecular formula is C9H8ClIO. The van der Waals surface area contributed by atoms with Gasteiger partial charge in [-0.25, -0.2) is 0 Å². The Balaban J connectivity index is 2.90. The number of rotatable bonds is 2. The molecule has 0 fully saturated rings. The molecule has 0 spiro atoms. The second-order valence-corrected chi connectivity index (χ2v) is 4.39. The summed E-state index contributed by atoms with van der Waals surface area (Å²) >= 11 is 7.84. The van der Waals surface area contributed by atoms with Crippen LogP contribution in [0.4, 0.5) is 0 Å². The number of hydrogen-bond acceptors (Lipinski definition) is 1. The van der Waals surface area contributed by atoms with Gasteiger partial charge in [0.2, 0.25) is 0 Å². The van der Waals surface area contributed by atoms with Crippen molar-refractivity contribution in [1.82, 2.24) is 0 Å². The highest BCUT2D eigenvalue weighted by Gasteiger charge is 2.10. The normalized spacial score (nSPS) is 12.6. The van der Waals surface area contributed by atoms with Gasteiger partial charge in [0.15, 0.2) is 5.78 Å². The predicted octanol–water partition coefficient (Wildman–Crippen LogP) is 3.10. The first kappa shape index (κ1) is 9.99. The Morgan fingerprint density at radius 2 is 1.92 bits per heavy atom. The summed E-state index contributed by atoms with van der Waals surface area (Å²) in [7, 11) is 0. The van der Waals surface area contributed by atoms with Gasteiger partial charge in [-0.3, -0.25) is 4.79 Å². The third-order valence-electron chi connectivity index (χ3n) is 1.49. The zero-order valence-electron chi connectivity index (χ0n) is 6.55. The summed E-state index contributed by atoms with van der Waals surface area (Å²) in [5, 5.41) is -0.440. The molecule has 0 saturated heterocycles. The quantitative estimate of drug-likeness (QED) is 0.465. The van der Waals surface area contributed by atoms with Crippen LogP contribution in [0.15, 0.2) is 24.3 Å². The van der Waals surface area contributed by atoms with Gasteiger partial charge in [0.1, 0.15) is 0 Å². The van der Waals surface area contributed by atoms with Gasteiger partial charge in [0.05, 0.1) is 5.38 Å². The van der Waals surface area contributed by atoms with E-state index in [1.807, 2.05) is 12.1 Å². The third kappa shape index (κ3) is 2.45. The van der Waals surface area contributed by atoms with Gasteiger partial charge >= 0.3 is 0 Å². The molecule has 0 aliphatic carbocycles. The van der Waals surface area contributed by atoms with Crippen molar-refractivity contribution in [3.8, 4) is 0 Å². The molecule has 0 aromatic heterocycles. The van der Waals surface area contributed by atoms with E-state index in [0.717, 1.165) is 3.57 Å². The van der Waals surface area contributed by atoms with Crippen molar-refractivity contribution in [3.63, 3.8) is 0 Å². The van der Waals surface area contributed by atoms with E-state index in [2.05, 4.69) is 22.6 Å². The topological polar surface area (TPSA) is 17.1 Å². The minimum Gasteiger partial charge on any atom is -0.293 e. The lowest BCUT2D eigenvalue weighted by Gasteiger charge is -2.01. The third-order valence-corrected chi connectivity index (χ3v) is 2.41. The molecule has 0 N–H and O–H groups in total. The molecule has 1 aromatic rings. The summed E-state index contributed by atoms with van der Waals surface area (Å²) in [6.45, 7) is 1.68. The van der Waals surface area contributed by atoms with Gasteiger partial charge in [-0.1, -0.05) is 12.1 Å². The van der Waals surface area contributed by atoms with Crippen LogP contribution in [0.1, 0.15) is 17.3 Å². The average molecular weight is 295 g/mol. The van der Waals surface area contributed by atoms with E-state index < -0.39 is 5.38 Å². The maximum Gasteiger partial charge on any atom is 0.180 e. The van der Waals surface area contributed by atoms with Gasteiger partial charge in [0, 0.05) is 9.13 Å². The molecule has 0 bridgehead atoms. The lowest BCUT2D eigenvalue weighted by molar-refractivity contribution is 0.0992. The highest BCUT2D eigenvalue weighted by molar-refractivity contribution is 14.1. The average Bonchev–Trinajstić information content (AvgIpc) is 2.04. The van der Waals surface area contributed by atoms with Crippen LogP contribution in [-0.4, -0.2) is 11.2 Å². The highest BCUT2D eigenvalue weighted by Crippen LogP contribution is 2.10. The molecule has 1 atom stereocenters. The Morgan fingerprint density at radius 3 is 2.33 bits per heavy atom. The molecule has 0 aliphatic rings. The van der Waals surface area contributed by atoms with Crippen LogP contribution in [0.25, 0.3) is 0 Å². The first-order valence-electron chi connectivity index (χ1n) is 3.55. The van der Waals surface area contributed by atoms with Crippen molar-refractivity contribution in [3.05, 3.63) is 33.4 Å². The molecular weight excluding hydrogens is 286 g/mol. The number of carbonyl (C=O) groups is 1. The standard InChI is InChI=1S/C9H8ClIO/c1-6(10)9(12)7-2-4-8(11)5-3-7/h2-6H,1H3. The van der Waals surface area contributed by atoms with Crippen LogP contribution in [0.2, 0.25) is 0 Å². The fourth-order valence-electron chi connectivity index (χ4n) is 0.844. The zero-order valence-corrected chi connectivity index (χ0v) is 9.46. The van der Waals surface area contributed by atoms with Crippen LogP contribution in [0, 0.1) is 3.57 Å². The first-order valence-corrected chi connectivity index (χ1v) is 5.06. The summed E-state index contributed by atoms with van der Waals surface area (Å²) in [5.74, 6) is -0.0203. The maximum atomic E-state index is 11.3. The first-order chi connectivity index (χ1) is 5.61. The van der Waals surface area contributed by atoms with Crippen molar-refractivity contribution in [2.24, 2.45) is 0 Å². The Kier molecular flexibility index (Phi) is 3.53. The van der Waals surface area contributed by atoms with Gasteiger partial charge in [0.25, 0.3) is 0 Å². The van der Waals surface area contributed by atoms with Crippen LogP contribution < -0.4 is 0 Å². The Labute approximate surface area is 90.3 Å². The minimum absolute atomic E-state index is 0.0203. The second-order valence-electron chi connectivity index (χ2n) is 2.49. The van der Waals surface area contributed by atoms with Crippen LogP contribution >= 0.6 is 34.2 Å². The van der Waals surface area contributed by atoms with Gasteiger partial charge in [-0.2, -0.15) is 0 Å². The largest absolute Gasteiger partial charge is 0.293 e. The zero-order chi connectivity index (χ0) is 9.14. The Hall–Kier alpha value is -0.0900. The van der Waals surface area contributed by atoms with Gasteiger partial charge < -0.3 is 0 Å². The maximum absolute atomic E-state index is 11.3. The smallest absolute Gasteiger partial charge is 0.180 e. The van der Waals surface area contributed by atoms with Crippen LogP contribution in [-0.2, 0) is 0 Å². The number of ketones is 1. The Morgan fingerprint density at radius 1 is 1.42 bits per heavy atom. The Bertz CT molecular complexity index is 279. The number of alkyl halides is 1. The number of carbonyl (C=O) groups excluding carboxylic acids is 1. The highest BCUT2D eigenvalue weighted by atomic mass is 127. The van der Waals surface area contributed by atoms with Crippen molar-refractivity contribution in [2.45, 2.75) is 12.3 Å². The molecule has 0 radical (unpaired) electrons. The van der Waals surface area contributed by atoms with Crippen LogP contribution in [0.3, 0.4) is 0 Å². The number of benzene rings is 1.